The van der Waals surface area contributed by atoms with Gasteiger partial charge in [0.2, 0.25) is 0 Å². The molecule has 0 aliphatic heterocycles. The molecule has 5 heteroatoms. The molecule has 0 radical (unpaired) electrons. The molecule has 0 saturated carbocycles. The van der Waals surface area contributed by atoms with Gasteiger partial charge in [-0.3, -0.25) is 0 Å². The maximum absolute atomic E-state index is 9.50. The highest BCUT2D eigenvalue weighted by atomic mass is 32.1. The van der Waals surface area contributed by atoms with Gasteiger partial charge in [0, 0.05) is 47.6 Å². The molecule has 50 heavy (non-hydrogen) atoms. The summed E-state index contributed by atoms with van der Waals surface area (Å²) >= 11 is 1.70. The molecule has 0 unspecified atom stereocenters. The smallest absolute Gasteiger partial charge is 0.164 e. The first-order valence-electron chi connectivity index (χ1n) is 19.1. The topological polar surface area (TPSA) is 51.8 Å². The minimum Gasteiger partial charge on any atom is -0.456 e. The van der Waals surface area contributed by atoms with E-state index in [4.69, 9.17) is 23.5 Å². The van der Waals surface area contributed by atoms with Crippen LogP contribution in [0.3, 0.4) is 0 Å². The Kier molecular flexibility index (Phi) is 5.35. The van der Waals surface area contributed by atoms with Crippen LogP contribution < -0.4 is 0 Å². The number of nitrogens with zero attached hydrogens (tertiary/aromatic N) is 3. The van der Waals surface area contributed by atoms with Crippen LogP contribution in [0.15, 0.2) is 168 Å². The quantitative estimate of drug-likeness (QED) is 0.184. The summed E-state index contributed by atoms with van der Waals surface area (Å²) in [6, 6.07) is 39.5. The van der Waals surface area contributed by atoms with E-state index in [9.17, 15) is 4.11 Å². The molecule has 0 N–H and O–H groups in total. The van der Waals surface area contributed by atoms with Crippen LogP contribution in [0.4, 0.5) is 0 Å². The van der Waals surface area contributed by atoms with Gasteiger partial charge in [0.25, 0.3) is 0 Å². The highest BCUT2D eigenvalue weighted by Gasteiger charge is 2.17. The Morgan fingerprint density at radius 3 is 1.88 bits per heavy atom. The molecule has 4 nitrogen and oxygen atoms in total. The molecule has 0 fully saturated rings. The lowest BCUT2D eigenvalue weighted by atomic mass is 9.99. The van der Waals surface area contributed by atoms with E-state index in [0.29, 0.717) is 28.3 Å². The molecule has 0 atom stereocenters. The number of rotatable bonds is 5. The fourth-order valence-electron chi connectivity index (χ4n) is 6.43. The van der Waals surface area contributed by atoms with Crippen molar-refractivity contribution in [2.24, 2.45) is 0 Å². The summed E-state index contributed by atoms with van der Waals surface area (Å²) in [5, 5.41) is 2.55. The van der Waals surface area contributed by atoms with E-state index >= 15 is 0 Å². The fourth-order valence-corrected chi connectivity index (χ4v) is 7.52. The average Bonchev–Trinajstić information content (AvgIpc) is 3.82. The van der Waals surface area contributed by atoms with Gasteiger partial charge in [0.15, 0.2) is 17.5 Å². The van der Waals surface area contributed by atoms with Gasteiger partial charge < -0.3 is 4.42 Å². The summed E-state index contributed by atoms with van der Waals surface area (Å²) in [7, 11) is 0. The summed E-state index contributed by atoms with van der Waals surface area (Å²) in [6.07, 6.45) is 0. The lowest BCUT2D eigenvalue weighted by molar-refractivity contribution is 0.669. The lowest BCUT2D eigenvalue weighted by Gasteiger charge is -2.09. The van der Waals surface area contributed by atoms with Crippen LogP contribution in [0, 0.1) is 0 Å². The third kappa shape index (κ3) is 4.87. The second-order valence-electron chi connectivity index (χ2n) is 11.9. The predicted octanol–water partition coefficient (Wildman–Crippen LogP) is 12.5. The van der Waals surface area contributed by atoms with Crippen molar-refractivity contribution in [3.8, 4) is 56.4 Å². The number of thiophene rings is 1. The highest BCUT2D eigenvalue weighted by Crippen LogP contribution is 2.39. The van der Waals surface area contributed by atoms with E-state index < -0.39 is 0 Å². The third-order valence-corrected chi connectivity index (χ3v) is 10.0. The van der Waals surface area contributed by atoms with Crippen molar-refractivity contribution in [1.82, 2.24) is 15.0 Å². The van der Waals surface area contributed by atoms with Crippen LogP contribution in [0.5, 0.6) is 0 Å². The number of furan rings is 1. The van der Waals surface area contributed by atoms with Crippen LogP contribution in [0.2, 0.25) is 0 Å². The Morgan fingerprint density at radius 2 is 1.08 bits per heavy atom. The van der Waals surface area contributed by atoms with Crippen molar-refractivity contribution in [2.45, 2.75) is 0 Å². The molecule has 0 spiro atoms. The van der Waals surface area contributed by atoms with Crippen LogP contribution in [0.25, 0.3) is 98.5 Å². The van der Waals surface area contributed by atoms with Gasteiger partial charge >= 0.3 is 0 Å². The normalized spacial score (nSPS) is 13.3. The molecule has 234 valence electrons. The zero-order valence-electron chi connectivity index (χ0n) is 32.3. The molecule has 0 aliphatic carbocycles. The molecular weight excluding hydrogens is 631 g/mol. The molecule has 0 saturated heterocycles. The van der Waals surface area contributed by atoms with Gasteiger partial charge in [-0.15, -0.1) is 11.3 Å². The van der Waals surface area contributed by atoms with Gasteiger partial charge in [-0.1, -0.05) is 121 Å². The van der Waals surface area contributed by atoms with Gasteiger partial charge in [-0.25, -0.2) is 15.0 Å². The first kappa shape index (κ1) is 23.0. The van der Waals surface area contributed by atoms with Crippen LogP contribution in [-0.2, 0) is 0 Å². The van der Waals surface area contributed by atoms with Crippen molar-refractivity contribution in [3.63, 3.8) is 0 Å². The number of hydrogen-bond acceptors (Lipinski definition) is 5. The molecule has 0 aliphatic rings. The third-order valence-electron chi connectivity index (χ3n) is 8.88. The molecular formula is C45H27N3OS. The fraction of sp³-hybridized carbons (Fsp3) is 0. The predicted molar refractivity (Wildman–Crippen MR) is 207 cm³/mol. The number of hydrogen-bond donors (Lipinski definition) is 0. The summed E-state index contributed by atoms with van der Waals surface area (Å²) in [5.41, 5.74) is 4.30. The van der Waals surface area contributed by atoms with Crippen molar-refractivity contribution in [1.29, 1.82) is 0 Å². The first-order chi connectivity index (χ1) is 27.3. The maximum atomic E-state index is 9.50. The van der Waals surface area contributed by atoms with Gasteiger partial charge in [-0.05, 0) is 64.6 Å². The van der Waals surface area contributed by atoms with Crippen LogP contribution >= 0.6 is 11.3 Å². The molecule has 3 aromatic heterocycles. The monoisotopic (exact) mass is 663 g/mol. The van der Waals surface area contributed by atoms with E-state index in [-0.39, 0.29) is 69.6 Å². The minimum absolute atomic E-state index is 0.0229. The standard InChI is InChI=1S/C45H27N3OS/c1-3-10-28(11-4-1)29-18-20-31(21-19-29)43-46-44(32-23-25-41-37(26-32)35-14-7-8-17-40(35)50-41)48-45(47-43)33-22-24-36-39(27-33)49-38-16-9-15-34(42(36)38)30-12-5-2-6-13-30/h1-27H/i9D,15D,16D,22D,24D,27D. The van der Waals surface area contributed by atoms with Crippen molar-refractivity contribution < 1.29 is 12.6 Å². The van der Waals surface area contributed by atoms with Crippen molar-refractivity contribution >= 4 is 53.4 Å². The maximum Gasteiger partial charge on any atom is 0.164 e. The second kappa shape index (κ2) is 11.6. The van der Waals surface area contributed by atoms with E-state index in [0.717, 1.165) is 36.9 Å². The summed E-state index contributed by atoms with van der Waals surface area (Å²) in [6.45, 7) is 0. The molecule has 10 aromatic rings. The largest absolute Gasteiger partial charge is 0.456 e. The second-order valence-corrected chi connectivity index (χ2v) is 13.0. The lowest BCUT2D eigenvalue weighted by Crippen LogP contribution is -2.00. The van der Waals surface area contributed by atoms with E-state index in [2.05, 4.69) is 18.2 Å². The van der Waals surface area contributed by atoms with E-state index in [1.54, 1.807) is 35.6 Å². The molecule has 0 bridgehead atoms. The van der Waals surface area contributed by atoms with E-state index in [1.165, 1.54) is 0 Å². The Bertz CT molecular complexity index is 3200. The van der Waals surface area contributed by atoms with E-state index in [1.807, 2.05) is 84.9 Å². The first-order valence-corrected chi connectivity index (χ1v) is 16.9. The molecule has 10 rings (SSSR count). The minimum atomic E-state index is -0.333. The summed E-state index contributed by atoms with van der Waals surface area (Å²) < 4.78 is 62.9. The molecule has 0 amide bonds. The Hall–Kier alpha value is -6.43. The number of aromatic nitrogens is 3. The summed E-state index contributed by atoms with van der Waals surface area (Å²) in [4.78, 5) is 14.7. The van der Waals surface area contributed by atoms with Gasteiger partial charge in [-0.2, -0.15) is 0 Å². The molecule has 7 aromatic carbocycles. The van der Waals surface area contributed by atoms with Crippen LogP contribution in [0.1, 0.15) is 8.22 Å². The van der Waals surface area contributed by atoms with Crippen molar-refractivity contribution in [3.05, 3.63) is 164 Å². The zero-order valence-corrected chi connectivity index (χ0v) is 27.1. The van der Waals surface area contributed by atoms with Crippen molar-refractivity contribution in [2.75, 3.05) is 0 Å². The SMILES string of the molecule is [2H]c1c([2H])c(-c2ccccc2)c2c(oc3c([2H])c(-c4nc(-c5ccc(-c6ccccc6)cc5)nc(-c5ccc6sc7ccccc7c6c5)n4)c([2H])c([2H])c32)c1[2H]. The number of fused-ring (bicyclic) bond motifs is 6. The Balaban J connectivity index is 1.22. The zero-order chi connectivity index (χ0) is 38.2. The highest BCUT2D eigenvalue weighted by molar-refractivity contribution is 7.25. The van der Waals surface area contributed by atoms with Crippen LogP contribution in [-0.4, -0.2) is 15.0 Å². The summed E-state index contributed by atoms with van der Waals surface area (Å²) in [5.74, 6) is 0.685. The number of benzene rings is 7. The Morgan fingerprint density at radius 1 is 0.460 bits per heavy atom. The van der Waals surface area contributed by atoms with Gasteiger partial charge in [0.05, 0.1) is 8.22 Å². The molecule has 3 heterocycles. The van der Waals surface area contributed by atoms with Gasteiger partial charge in [0.1, 0.15) is 11.2 Å². The average molecular weight is 664 g/mol. The Labute approximate surface area is 300 Å².